The van der Waals surface area contributed by atoms with Crippen LogP contribution in [0.1, 0.15) is 63.2 Å². The molecule has 4 rings (SSSR count). The van der Waals surface area contributed by atoms with Gasteiger partial charge in [-0.05, 0) is 40.7 Å². The van der Waals surface area contributed by atoms with Crippen molar-refractivity contribution < 1.29 is 0 Å². The van der Waals surface area contributed by atoms with E-state index in [0.29, 0.717) is 5.92 Å². The summed E-state index contributed by atoms with van der Waals surface area (Å²) < 4.78 is 0. The Kier molecular flexibility index (Phi) is 3.35. The quantitative estimate of drug-likeness (QED) is 0.608. The Bertz CT molecular complexity index is 923. The SMILES string of the molecule is CC(C)c1ccc2c3c(ccc2c1)-c1nc(C(C)(C)C)[nH]c1CC3. The van der Waals surface area contributed by atoms with Gasteiger partial charge in [-0.25, -0.2) is 4.98 Å². The fourth-order valence-corrected chi connectivity index (χ4v) is 3.68. The topological polar surface area (TPSA) is 28.7 Å². The Morgan fingerprint density at radius 3 is 2.54 bits per heavy atom. The molecule has 2 nitrogen and oxygen atoms in total. The molecule has 2 aromatic carbocycles. The Morgan fingerprint density at radius 2 is 1.83 bits per heavy atom. The summed E-state index contributed by atoms with van der Waals surface area (Å²) >= 11 is 0. The molecule has 1 N–H and O–H groups in total. The third kappa shape index (κ3) is 2.36. The summed E-state index contributed by atoms with van der Waals surface area (Å²) in [5.41, 5.74) is 6.70. The van der Waals surface area contributed by atoms with Gasteiger partial charge < -0.3 is 4.98 Å². The first-order chi connectivity index (χ1) is 11.3. The number of imidazole rings is 1. The minimum Gasteiger partial charge on any atom is -0.345 e. The van der Waals surface area contributed by atoms with Crippen molar-refractivity contribution in [3.63, 3.8) is 0 Å². The van der Waals surface area contributed by atoms with Gasteiger partial charge >= 0.3 is 0 Å². The zero-order chi connectivity index (χ0) is 17.1. The van der Waals surface area contributed by atoms with Gasteiger partial charge in [-0.2, -0.15) is 0 Å². The zero-order valence-electron chi connectivity index (χ0n) is 15.3. The first-order valence-electron chi connectivity index (χ1n) is 9.00. The second-order valence-corrected chi connectivity index (χ2v) is 8.39. The Morgan fingerprint density at radius 1 is 1.04 bits per heavy atom. The largest absolute Gasteiger partial charge is 0.345 e. The number of benzene rings is 2. The van der Waals surface area contributed by atoms with Crippen molar-refractivity contribution in [2.24, 2.45) is 0 Å². The number of aromatic amines is 1. The van der Waals surface area contributed by atoms with Gasteiger partial charge in [-0.1, -0.05) is 65.0 Å². The highest BCUT2D eigenvalue weighted by molar-refractivity contribution is 5.93. The number of hydrogen-bond acceptors (Lipinski definition) is 1. The molecule has 0 bridgehead atoms. The number of rotatable bonds is 1. The molecule has 24 heavy (non-hydrogen) atoms. The normalized spacial score (nSPS) is 14.1. The first kappa shape index (κ1) is 15.4. The predicted octanol–water partition coefficient (Wildman–Crippen LogP) is 5.75. The Balaban J connectivity index is 1.90. The molecule has 0 amide bonds. The molecule has 1 aliphatic carbocycles. The average molecular weight is 318 g/mol. The van der Waals surface area contributed by atoms with Gasteiger partial charge in [-0.3, -0.25) is 0 Å². The number of nitrogens with zero attached hydrogens (tertiary/aromatic N) is 1. The van der Waals surface area contributed by atoms with Crippen molar-refractivity contribution in [1.82, 2.24) is 9.97 Å². The average Bonchev–Trinajstić information content (AvgIpc) is 2.98. The molecule has 0 unspecified atom stereocenters. The van der Waals surface area contributed by atoms with Gasteiger partial charge in [0.05, 0.1) is 5.69 Å². The number of fused-ring (bicyclic) bond motifs is 5. The lowest BCUT2D eigenvalue weighted by Crippen LogP contribution is -2.13. The highest BCUT2D eigenvalue weighted by atomic mass is 15.0. The zero-order valence-corrected chi connectivity index (χ0v) is 15.3. The van der Waals surface area contributed by atoms with E-state index in [4.69, 9.17) is 4.98 Å². The minimum absolute atomic E-state index is 0.0561. The van der Waals surface area contributed by atoms with E-state index in [1.165, 1.54) is 33.2 Å². The maximum Gasteiger partial charge on any atom is 0.112 e. The molecule has 0 aliphatic heterocycles. The van der Waals surface area contributed by atoms with Crippen molar-refractivity contribution in [2.75, 3.05) is 0 Å². The third-order valence-corrected chi connectivity index (χ3v) is 5.19. The van der Waals surface area contributed by atoms with Crippen LogP contribution in [0.3, 0.4) is 0 Å². The van der Waals surface area contributed by atoms with Gasteiger partial charge in [0.25, 0.3) is 0 Å². The van der Waals surface area contributed by atoms with Gasteiger partial charge in [0.2, 0.25) is 0 Å². The molecule has 1 aromatic heterocycles. The van der Waals surface area contributed by atoms with Crippen LogP contribution >= 0.6 is 0 Å². The summed E-state index contributed by atoms with van der Waals surface area (Å²) in [5, 5.41) is 2.75. The third-order valence-electron chi connectivity index (χ3n) is 5.19. The molecule has 0 radical (unpaired) electrons. The molecule has 1 heterocycles. The molecule has 3 aromatic rings. The molecule has 124 valence electrons. The van der Waals surface area contributed by atoms with E-state index in [2.05, 4.69) is 69.9 Å². The van der Waals surface area contributed by atoms with E-state index in [0.717, 1.165) is 24.4 Å². The summed E-state index contributed by atoms with van der Waals surface area (Å²) in [7, 11) is 0. The minimum atomic E-state index is 0.0561. The van der Waals surface area contributed by atoms with E-state index in [1.54, 1.807) is 0 Å². The molecular formula is C22H26N2. The van der Waals surface area contributed by atoms with E-state index >= 15 is 0 Å². The van der Waals surface area contributed by atoms with Crippen LogP contribution in [0.15, 0.2) is 30.3 Å². The van der Waals surface area contributed by atoms with Crippen LogP contribution in [0.5, 0.6) is 0 Å². The van der Waals surface area contributed by atoms with Crippen molar-refractivity contribution in [3.8, 4) is 11.3 Å². The highest BCUT2D eigenvalue weighted by Gasteiger charge is 2.26. The van der Waals surface area contributed by atoms with Gasteiger partial charge in [0, 0.05) is 16.7 Å². The van der Waals surface area contributed by atoms with E-state index < -0.39 is 0 Å². The lowest BCUT2D eigenvalue weighted by molar-refractivity contribution is 0.551. The number of hydrogen-bond donors (Lipinski definition) is 1. The van der Waals surface area contributed by atoms with Crippen molar-refractivity contribution in [1.29, 1.82) is 0 Å². The highest BCUT2D eigenvalue weighted by Crippen LogP contribution is 2.38. The first-order valence-corrected chi connectivity index (χ1v) is 9.00. The van der Waals surface area contributed by atoms with Crippen LogP contribution in [0.4, 0.5) is 0 Å². The van der Waals surface area contributed by atoms with Crippen LogP contribution in [-0.2, 0) is 18.3 Å². The smallest absolute Gasteiger partial charge is 0.112 e. The van der Waals surface area contributed by atoms with Crippen molar-refractivity contribution in [3.05, 3.63) is 53.0 Å². The molecule has 0 atom stereocenters. The van der Waals surface area contributed by atoms with E-state index in [-0.39, 0.29) is 5.41 Å². The summed E-state index contributed by atoms with van der Waals surface area (Å²) in [6.45, 7) is 11.2. The van der Waals surface area contributed by atoms with Crippen molar-refractivity contribution >= 4 is 10.8 Å². The molecule has 0 fully saturated rings. The second kappa shape index (κ2) is 5.20. The molecule has 2 heteroatoms. The van der Waals surface area contributed by atoms with Crippen LogP contribution in [0.25, 0.3) is 22.0 Å². The standard InChI is InChI=1S/C22H26N2/c1-13(2)14-6-8-16-15(12-14)7-9-18-17(16)10-11-19-20(18)24-21(23-19)22(3,4)5/h6-9,12-13H,10-11H2,1-5H3,(H,23,24). The predicted molar refractivity (Wildman–Crippen MR) is 102 cm³/mol. The second-order valence-electron chi connectivity index (χ2n) is 8.39. The monoisotopic (exact) mass is 318 g/mol. The lowest BCUT2D eigenvalue weighted by atomic mass is 9.87. The number of nitrogens with one attached hydrogen (secondary N) is 1. The van der Waals surface area contributed by atoms with Gasteiger partial charge in [-0.15, -0.1) is 0 Å². The van der Waals surface area contributed by atoms with Crippen LogP contribution in [0, 0.1) is 0 Å². The fraction of sp³-hybridized carbons (Fsp3) is 0.409. The maximum absolute atomic E-state index is 4.96. The maximum atomic E-state index is 4.96. The fourth-order valence-electron chi connectivity index (χ4n) is 3.68. The van der Waals surface area contributed by atoms with Crippen LogP contribution in [-0.4, -0.2) is 9.97 Å². The van der Waals surface area contributed by atoms with Gasteiger partial charge in [0.15, 0.2) is 0 Å². The summed E-state index contributed by atoms with van der Waals surface area (Å²) in [6.07, 6.45) is 2.14. The lowest BCUT2D eigenvalue weighted by Gasteiger charge is -2.18. The van der Waals surface area contributed by atoms with Crippen LogP contribution in [0.2, 0.25) is 0 Å². The Labute approximate surface area is 144 Å². The van der Waals surface area contributed by atoms with Gasteiger partial charge in [0.1, 0.15) is 5.82 Å². The van der Waals surface area contributed by atoms with Crippen molar-refractivity contribution in [2.45, 2.75) is 58.8 Å². The molecule has 0 saturated carbocycles. The Hall–Kier alpha value is -2.09. The van der Waals surface area contributed by atoms with Crippen LogP contribution < -0.4 is 0 Å². The molecular weight excluding hydrogens is 292 g/mol. The molecule has 0 saturated heterocycles. The molecule has 1 aliphatic rings. The molecule has 0 spiro atoms. The summed E-state index contributed by atoms with van der Waals surface area (Å²) in [6, 6.07) is 11.5. The number of aryl methyl sites for hydroxylation is 2. The van der Waals surface area contributed by atoms with E-state index in [9.17, 15) is 0 Å². The summed E-state index contributed by atoms with van der Waals surface area (Å²) in [4.78, 5) is 8.54. The number of aromatic nitrogens is 2. The van der Waals surface area contributed by atoms with E-state index in [1.807, 2.05) is 0 Å². The number of H-pyrrole nitrogens is 1. The summed E-state index contributed by atoms with van der Waals surface area (Å²) in [5.74, 6) is 1.66.